The first-order valence-corrected chi connectivity index (χ1v) is 8.60. The number of fused-ring (bicyclic) bond motifs is 1. The summed E-state index contributed by atoms with van der Waals surface area (Å²) in [6.45, 7) is 3.78. The lowest BCUT2D eigenvalue weighted by molar-refractivity contribution is 0.0617. The molecule has 3 heterocycles. The topological polar surface area (TPSA) is 70.1 Å². The third kappa shape index (κ3) is 3.12. The predicted octanol–water partition coefficient (Wildman–Crippen LogP) is 1.91. The van der Waals surface area contributed by atoms with Gasteiger partial charge in [0.25, 0.3) is 5.91 Å². The zero-order chi connectivity index (χ0) is 17.4. The van der Waals surface area contributed by atoms with Crippen molar-refractivity contribution >= 4 is 28.4 Å². The average molecular weight is 359 g/mol. The molecule has 1 aromatic carbocycles. The maximum atomic E-state index is 12.9. The van der Waals surface area contributed by atoms with Gasteiger partial charge in [0.05, 0.1) is 6.54 Å². The molecule has 1 fully saturated rings. The van der Waals surface area contributed by atoms with E-state index in [9.17, 15) is 4.79 Å². The van der Waals surface area contributed by atoms with Crippen LogP contribution in [0.5, 0.6) is 0 Å². The van der Waals surface area contributed by atoms with Crippen molar-refractivity contribution in [2.45, 2.75) is 6.54 Å². The molecule has 130 valence electrons. The van der Waals surface area contributed by atoms with Gasteiger partial charge in [-0.2, -0.15) is 5.10 Å². The van der Waals surface area contributed by atoms with Gasteiger partial charge in [-0.3, -0.25) is 14.8 Å². The Labute approximate surface area is 150 Å². The number of amides is 1. The van der Waals surface area contributed by atoms with E-state index in [-0.39, 0.29) is 5.91 Å². The fraction of sp³-hybridized carbons (Fsp3) is 0.353. The molecule has 25 heavy (non-hydrogen) atoms. The molecule has 8 heteroatoms. The standard InChI is InChI=1S/C17H19ClN6O/c1-22-14-9-13(18)3-2-12(14)8-15(22)17(25)24-6-4-23(5-7-24)10-16-19-11-20-21-16/h2-3,8-9,11H,4-7,10H2,1H3,(H,19,20,21). The van der Waals surface area contributed by atoms with Gasteiger partial charge in [-0.05, 0) is 18.2 Å². The van der Waals surface area contributed by atoms with Crippen molar-refractivity contribution in [3.05, 3.63) is 47.1 Å². The summed E-state index contributed by atoms with van der Waals surface area (Å²) in [6, 6.07) is 7.63. The van der Waals surface area contributed by atoms with Crippen LogP contribution < -0.4 is 0 Å². The van der Waals surface area contributed by atoms with Gasteiger partial charge in [-0.15, -0.1) is 0 Å². The zero-order valence-electron chi connectivity index (χ0n) is 13.9. The van der Waals surface area contributed by atoms with E-state index >= 15 is 0 Å². The zero-order valence-corrected chi connectivity index (χ0v) is 14.7. The van der Waals surface area contributed by atoms with Crippen LogP contribution in [0.4, 0.5) is 0 Å². The maximum absolute atomic E-state index is 12.9. The van der Waals surface area contributed by atoms with E-state index in [4.69, 9.17) is 11.6 Å². The van der Waals surface area contributed by atoms with Crippen LogP contribution in [0.1, 0.15) is 16.3 Å². The lowest BCUT2D eigenvalue weighted by Crippen LogP contribution is -2.48. The Morgan fingerprint density at radius 1 is 1.24 bits per heavy atom. The van der Waals surface area contributed by atoms with Crippen LogP contribution in [0.2, 0.25) is 5.02 Å². The summed E-state index contributed by atoms with van der Waals surface area (Å²) in [5.74, 6) is 0.916. The van der Waals surface area contributed by atoms with Crippen LogP contribution in [0.3, 0.4) is 0 Å². The van der Waals surface area contributed by atoms with Crippen molar-refractivity contribution < 1.29 is 4.79 Å². The van der Waals surface area contributed by atoms with Crippen molar-refractivity contribution in [1.29, 1.82) is 0 Å². The minimum atomic E-state index is 0.0640. The highest BCUT2D eigenvalue weighted by molar-refractivity contribution is 6.31. The van der Waals surface area contributed by atoms with Crippen LogP contribution in [0.15, 0.2) is 30.6 Å². The molecule has 1 aliphatic heterocycles. The van der Waals surface area contributed by atoms with Gasteiger partial charge in [0.1, 0.15) is 17.8 Å². The third-order valence-electron chi connectivity index (χ3n) is 4.72. The van der Waals surface area contributed by atoms with Crippen molar-refractivity contribution in [3.8, 4) is 0 Å². The van der Waals surface area contributed by atoms with Gasteiger partial charge in [0.2, 0.25) is 0 Å². The summed E-state index contributed by atoms with van der Waals surface area (Å²) in [6.07, 6.45) is 1.52. The Balaban J connectivity index is 1.46. The number of carbonyl (C=O) groups excluding carboxylic acids is 1. The molecule has 0 saturated carbocycles. The van der Waals surface area contributed by atoms with Gasteiger partial charge in [-0.1, -0.05) is 17.7 Å². The van der Waals surface area contributed by atoms with Crippen molar-refractivity contribution in [2.24, 2.45) is 7.05 Å². The van der Waals surface area contributed by atoms with Gasteiger partial charge in [-0.25, -0.2) is 4.98 Å². The number of rotatable bonds is 3. The van der Waals surface area contributed by atoms with Crippen LogP contribution in [0.25, 0.3) is 10.9 Å². The molecule has 0 spiro atoms. The summed E-state index contributed by atoms with van der Waals surface area (Å²) < 4.78 is 1.92. The number of halogens is 1. The summed E-state index contributed by atoms with van der Waals surface area (Å²) in [5.41, 5.74) is 1.67. The number of aryl methyl sites for hydroxylation is 1. The summed E-state index contributed by atoms with van der Waals surface area (Å²) in [5, 5.41) is 8.44. The highest BCUT2D eigenvalue weighted by atomic mass is 35.5. The molecular formula is C17H19ClN6O. The van der Waals surface area contributed by atoms with E-state index in [0.717, 1.165) is 36.4 Å². The van der Waals surface area contributed by atoms with Crippen LogP contribution in [0, 0.1) is 0 Å². The molecule has 0 unspecified atom stereocenters. The van der Waals surface area contributed by atoms with Crippen molar-refractivity contribution in [3.63, 3.8) is 0 Å². The van der Waals surface area contributed by atoms with E-state index in [1.165, 1.54) is 6.33 Å². The van der Waals surface area contributed by atoms with E-state index in [1.54, 1.807) is 0 Å². The number of aromatic amines is 1. The minimum Gasteiger partial charge on any atom is -0.340 e. The molecule has 1 aliphatic rings. The molecule has 0 radical (unpaired) electrons. The van der Waals surface area contributed by atoms with Crippen LogP contribution in [-0.4, -0.2) is 61.6 Å². The Morgan fingerprint density at radius 2 is 2.04 bits per heavy atom. The van der Waals surface area contributed by atoms with E-state index < -0.39 is 0 Å². The Hall–Kier alpha value is -2.38. The normalized spacial score (nSPS) is 15.8. The molecule has 2 aromatic heterocycles. The summed E-state index contributed by atoms with van der Waals surface area (Å²) in [4.78, 5) is 21.3. The number of nitrogens with one attached hydrogen (secondary N) is 1. The number of hydrogen-bond acceptors (Lipinski definition) is 4. The van der Waals surface area contributed by atoms with Gasteiger partial charge in [0.15, 0.2) is 0 Å². The molecular weight excluding hydrogens is 340 g/mol. The van der Waals surface area contributed by atoms with E-state index in [2.05, 4.69) is 20.1 Å². The first kappa shape index (κ1) is 16.1. The second-order valence-corrected chi connectivity index (χ2v) is 6.73. The largest absolute Gasteiger partial charge is 0.340 e. The Bertz CT molecular complexity index is 895. The molecule has 3 aromatic rings. The minimum absolute atomic E-state index is 0.0640. The van der Waals surface area contributed by atoms with Gasteiger partial charge in [0, 0.05) is 49.2 Å². The number of aromatic nitrogens is 4. The Morgan fingerprint density at radius 3 is 2.76 bits per heavy atom. The number of benzene rings is 1. The number of H-pyrrole nitrogens is 1. The van der Waals surface area contributed by atoms with E-state index in [0.29, 0.717) is 23.8 Å². The average Bonchev–Trinajstić information content (AvgIpc) is 3.23. The number of carbonyl (C=O) groups is 1. The smallest absolute Gasteiger partial charge is 0.270 e. The van der Waals surface area contributed by atoms with Crippen LogP contribution >= 0.6 is 11.6 Å². The summed E-state index contributed by atoms with van der Waals surface area (Å²) in [7, 11) is 1.91. The highest BCUT2D eigenvalue weighted by Gasteiger charge is 2.25. The fourth-order valence-electron chi connectivity index (χ4n) is 3.30. The monoisotopic (exact) mass is 358 g/mol. The van der Waals surface area contributed by atoms with Crippen molar-refractivity contribution in [2.75, 3.05) is 26.2 Å². The quantitative estimate of drug-likeness (QED) is 0.776. The second kappa shape index (κ2) is 6.50. The molecule has 4 rings (SSSR count). The molecule has 0 aliphatic carbocycles. The molecule has 7 nitrogen and oxygen atoms in total. The van der Waals surface area contributed by atoms with E-state index in [1.807, 2.05) is 40.8 Å². The number of hydrogen-bond donors (Lipinski definition) is 1. The molecule has 1 amide bonds. The summed E-state index contributed by atoms with van der Waals surface area (Å²) >= 11 is 6.08. The van der Waals surface area contributed by atoms with Crippen LogP contribution in [-0.2, 0) is 13.6 Å². The maximum Gasteiger partial charge on any atom is 0.270 e. The number of nitrogens with zero attached hydrogens (tertiary/aromatic N) is 5. The highest BCUT2D eigenvalue weighted by Crippen LogP contribution is 2.23. The molecule has 0 atom stereocenters. The molecule has 1 N–H and O–H groups in total. The molecule has 0 bridgehead atoms. The second-order valence-electron chi connectivity index (χ2n) is 6.29. The van der Waals surface area contributed by atoms with Gasteiger partial charge >= 0.3 is 0 Å². The first-order chi connectivity index (χ1) is 12.1. The first-order valence-electron chi connectivity index (χ1n) is 8.22. The molecule has 1 saturated heterocycles. The van der Waals surface area contributed by atoms with Gasteiger partial charge < -0.3 is 9.47 Å². The Kier molecular flexibility index (Phi) is 4.19. The van der Waals surface area contributed by atoms with Crippen molar-refractivity contribution in [1.82, 2.24) is 29.5 Å². The lowest BCUT2D eigenvalue weighted by atomic mass is 10.2. The lowest BCUT2D eigenvalue weighted by Gasteiger charge is -2.34. The SMILES string of the molecule is Cn1c(C(=O)N2CCN(Cc3ncn[nH]3)CC2)cc2ccc(Cl)cc21. The predicted molar refractivity (Wildman–Crippen MR) is 95.5 cm³/mol. The fourth-order valence-corrected chi connectivity index (χ4v) is 3.46. The number of piperazine rings is 1. The third-order valence-corrected chi connectivity index (χ3v) is 4.96.